The van der Waals surface area contributed by atoms with Crippen LogP contribution in [0.2, 0.25) is 0 Å². The van der Waals surface area contributed by atoms with Gasteiger partial charge < -0.3 is 5.11 Å². The van der Waals surface area contributed by atoms with E-state index in [4.69, 9.17) is 0 Å². The van der Waals surface area contributed by atoms with Crippen LogP contribution in [0.25, 0.3) is 0 Å². The van der Waals surface area contributed by atoms with E-state index in [0.717, 1.165) is 0 Å². The molecule has 1 N–H and O–H groups in total. The van der Waals surface area contributed by atoms with Gasteiger partial charge in [-0.15, -0.1) is 11.3 Å². The maximum Gasteiger partial charge on any atom is 0.0912 e. The molecule has 14 heavy (non-hydrogen) atoms. The van der Waals surface area contributed by atoms with Crippen LogP contribution >= 0.6 is 11.3 Å². The van der Waals surface area contributed by atoms with Crippen LogP contribution in [-0.4, -0.2) is 5.11 Å². The minimum absolute atomic E-state index is 0.198. The van der Waals surface area contributed by atoms with Crippen LogP contribution in [0.4, 0.5) is 0 Å². The summed E-state index contributed by atoms with van der Waals surface area (Å²) in [6.45, 7) is 4.22. The van der Waals surface area contributed by atoms with Crippen molar-refractivity contribution in [3.8, 4) is 0 Å². The first-order valence-electron chi connectivity index (χ1n) is 5.43. The second-order valence-corrected chi connectivity index (χ2v) is 5.68. The summed E-state index contributed by atoms with van der Waals surface area (Å²) in [6, 6.07) is 2.18. The highest BCUT2D eigenvalue weighted by Gasteiger charge is 2.26. The zero-order valence-corrected chi connectivity index (χ0v) is 9.73. The molecule has 0 aromatic carbocycles. The third kappa shape index (κ3) is 1.86. The van der Waals surface area contributed by atoms with Crippen LogP contribution in [-0.2, 0) is 0 Å². The predicted octanol–water partition coefficient (Wildman–Crippen LogP) is 3.59. The summed E-state index contributed by atoms with van der Waals surface area (Å²) in [6.07, 6.45) is 4.81. The minimum Gasteiger partial charge on any atom is -0.387 e. The van der Waals surface area contributed by atoms with Crippen LogP contribution in [0.5, 0.6) is 0 Å². The van der Waals surface area contributed by atoms with E-state index < -0.39 is 0 Å². The van der Waals surface area contributed by atoms with Gasteiger partial charge in [0.15, 0.2) is 0 Å². The number of aryl methyl sites for hydroxylation is 2. The number of aliphatic hydroxyl groups is 1. The minimum atomic E-state index is -0.198. The predicted molar refractivity (Wildman–Crippen MR) is 60.7 cm³/mol. The van der Waals surface area contributed by atoms with E-state index >= 15 is 0 Å². The molecule has 1 nitrogen and oxygen atoms in total. The molecular weight excluding hydrogens is 192 g/mol. The molecule has 1 aliphatic rings. The number of hydrogen-bond acceptors (Lipinski definition) is 2. The average Bonchev–Trinajstić information content (AvgIpc) is 2.73. The SMILES string of the molecule is Cc1cc(C)c(C(O)C2CCCC2)s1. The summed E-state index contributed by atoms with van der Waals surface area (Å²) in [4.78, 5) is 2.52. The summed E-state index contributed by atoms with van der Waals surface area (Å²) < 4.78 is 0. The van der Waals surface area contributed by atoms with Gasteiger partial charge in [-0.05, 0) is 44.2 Å². The molecule has 1 saturated carbocycles. The Morgan fingerprint density at radius 2 is 2.00 bits per heavy atom. The Labute approximate surface area is 89.8 Å². The highest BCUT2D eigenvalue weighted by atomic mass is 32.1. The summed E-state index contributed by atoms with van der Waals surface area (Å²) >= 11 is 1.76. The Bertz CT molecular complexity index is 310. The van der Waals surface area contributed by atoms with E-state index in [1.165, 1.54) is 41.0 Å². The van der Waals surface area contributed by atoms with Gasteiger partial charge in [0.25, 0.3) is 0 Å². The second-order valence-electron chi connectivity index (χ2n) is 4.39. The Morgan fingerprint density at radius 1 is 1.36 bits per heavy atom. The Morgan fingerprint density at radius 3 is 2.50 bits per heavy atom. The fourth-order valence-electron chi connectivity index (χ4n) is 2.44. The van der Waals surface area contributed by atoms with E-state index in [0.29, 0.717) is 5.92 Å². The zero-order chi connectivity index (χ0) is 10.1. The van der Waals surface area contributed by atoms with Crippen molar-refractivity contribution in [3.05, 3.63) is 21.4 Å². The quantitative estimate of drug-likeness (QED) is 0.791. The third-order valence-corrected chi connectivity index (χ3v) is 4.42. The lowest BCUT2D eigenvalue weighted by molar-refractivity contribution is 0.114. The molecule has 2 heteroatoms. The summed E-state index contributed by atoms with van der Waals surface area (Å²) in [5.74, 6) is 0.520. The van der Waals surface area contributed by atoms with Crippen LogP contribution < -0.4 is 0 Å². The first-order valence-corrected chi connectivity index (χ1v) is 6.25. The van der Waals surface area contributed by atoms with Crippen LogP contribution in [0.15, 0.2) is 6.07 Å². The van der Waals surface area contributed by atoms with Gasteiger partial charge >= 0.3 is 0 Å². The smallest absolute Gasteiger partial charge is 0.0912 e. The molecular formula is C12H18OS. The number of rotatable bonds is 2. The lowest BCUT2D eigenvalue weighted by Crippen LogP contribution is -2.08. The lowest BCUT2D eigenvalue weighted by atomic mass is 9.98. The molecule has 1 aromatic rings. The molecule has 0 aliphatic heterocycles. The first kappa shape index (κ1) is 10.2. The molecule has 1 heterocycles. The molecule has 1 aromatic heterocycles. The van der Waals surface area contributed by atoms with Crippen LogP contribution in [0.1, 0.15) is 47.1 Å². The van der Waals surface area contributed by atoms with Crippen molar-refractivity contribution >= 4 is 11.3 Å². The maximum absolute atomic E-state index is 10.2. The molecule has 1 unspecified atom stereocenters. The van der Waals surface area contributed by atoms with Gasteiger partial charge in [0.2, 0.25) is 0 Å². The summed E-state index contributed by atoms with van der Waals surface area (Å²) in [5, 5.41) is 10.2. The Kier molecular flexibility index (Phi) is 2.93. The molecule has 0 radical (unpaired) electrons. The Hall–Kier alpha value is -0.340. The van der Waals surface area contributed by atoms with Crippen molar-refractivity contribution < 1.29 is 5.11 Å². The van der Waals surface area contributed by atoms with Crippen molar-refractivity contribution in [2.24, 2.45) is 5.92 Å². The average molecular weight is 210 g/mol. The first-order chi connectivity index (χ1) is 6.68. The summed E-state index contributed by atoms with van der Waals surface area (Å²) in [5.41, 5.74) is 1.27. The molecule has 78 valence electrons. The molecule has 0 saturated heterocycles. The molecule has 1 aliphatic carbocycles. The monoisotopic (exact) mass is 210 g/mol. The molecule has 1 atom stereocenters. The molecule has 0 bridgehead atoms. The van der Waals surface area contributed by atoms with Gasteiger partial charge in [0.05, 0.1) is 6.10 Å². The fourth-order valence-corrected chi connectivity index (χ4v) is 3.56. The van der Waals surface area contributed by atoms with Crippen LogP contribution in [0, 0.1) is 19.8 Å². The van der Waals surface area contributed by atoms with Crippen molar-refractivity contribution in [1.82, 2.24) is 0 Å². The Balaban J connectivity index is 2.17. The number of thiophene rings is 1. The van der Waals surface area contributed by atoms with E-state index in [-0.39, 0.29) is 6.10 Å². The van der Waals surface area contributed by atoms with E-state index in [1.807, 2.05) is 0 Å². The number of aliphatic hydroxyl groups excluding tert-OH is 1. The standard InChI is InChI=1S/C12H18OS/c1-8-7-9(2)14-12(8)11(13)10-5-3-4-6-10/h7,10-11,13H,3-6H2,1-2H3. The van der Waals surface area contributed by atoms with Gasteiger partial charge in [-0.1, -0.05) is 12.8 Å². The van der Waals surface area contributed by atoms with Gasteiger partial charge in [0, 0.05) is 9.75 Å². The van der Waals surface area contributed by atoms with Gasteiger partial charge in [-0.3, -0.25) is 0 Å². The molecule has 1 fully saturated rings. The fraction of sp³-hybridized carbons (Fsp3) is 0.667. The van der Waals surface area contributed by atoms with Gasteiger partial charge in [-0.2, -0.15) is 0 Å². The largest absolute Gasteiger partial charge is 0.387 e. The highest BCUT2D eigenvalue weighted by molar-refractivity contribution is 7.12. The lowest BCUT2D eigenvalue weighted by Gasteiger charge is -2.16. The van der Waals surface area contributed by atoms with Crippen LogP contribution in [0.3, 0.4) is 0 Å². The second kappa shape index (κ2) is 4.03. The maximum atomic E-state index is 10.2. The van der Waals surface area contributed by atoms with E-state index in [2.05, 4.69) is 19.9 Å². The third-order valence-electron chi connectivity index (χ3n) is 3.19. The van der Waals surface area contributed by atoms with Crippen molar-refractivity contribution in [1.29, 1.82) is 0 Å². The number of hydrogen-bond donors (Lipinski definition) is 1. The van der Waals surface area contributed by atoms with Gasteiger partial charge in [0.1, 0.15) is 0 Å². The topological polar surface area (TPSA) is 20.2 Å². The van der Waals surface area contributed by atoms with Crippen molar-refractivity contribution in [2.75, 3.05) is 0 Å². The molecule has 0 spiro atoms. The van der Waals surface area contributed by atoms with E-state index in [9.17, 15) is 5.11 Å². The molecule has 2 rings (SSSR count). The highest BCUT2D eigenvalue weighted by Crippen LogP contribution is 2.39. The van der Waals surface area contributed by atoms with E-state index in [1.54, 1.807) is 11.3 Å². The van der Waals surface area contributed by atoms with Crippen molar-refractivity contribution in [2.45, 2.75) is 45.6 Å². The normalized spacial score (nSPS) is 20.2. The summed E-state index contributed by atoms with van der Waals surface area (Å²) in [7, 11) is 0. The van der Waals surface area contributed by atoms with Crippen molar-refractivity contribution in [3.63, 3.8) is 0 Å². The zero-order valence-electron chi connectivity index (χ0n) is 8.92. The van der Waals surface area contributed by atoms with Gasteiger partial charge in [-0.25, -0.2) is 0 Å². The molecule has 0 amide bonds.